The Morgan fingerprint density at radius 3 is 1.48 bits per heavy atom. The molecule has 0 atom stereocenters. The van der Waals surface area contributed by atoms with Crippen molar-refractivity contribution in [3.05, 3.63) is 142 Å². The van der Waals surface area contributed by atoms with Gasteiger partial charge in [0.2, 0.25) is 0 Å². The summed E-state index contributed by atoms with van der Waals surface area (Å²) in [7, 11) is 0. The maximum Gasteiger partial charge on any atom is 0.119 e. The summed E-state index contributed by atoms with van der Waals surface area (Å²) in [5.41, 5.74) is 16.3. The van der Waals surface area contributed by atoms with Crippen LogP contribution < -0.4 is 9.47 Å². The molecule has 0 bridgehead atoms. The van der Waals surface area contributed by atoms with Crippen LogP contribution in [0.3, 0.4) is 0 Å². The fourth-order valence-electron chi connectivity index (χ4n) is 11.2. The molecule has 0 radical (unpaired) electrons. The fraction of sp³-hybridized carbons (Fsp3) is 0.492. The number of hydrogen-bond donors (Lipinski definition) is 0. The highest BCUT2D eigenvalue weighted by atomic mass is 16.5. The molecule has 0 heterocycles. The van der Waals surface area contributed by atoms with Crippen molar-refractivity contribution in [2.75, 3.05) is 13.2 Å². The second kappa shape index (κ2) is 18.2. The van der Waals surface area contributed by atoms with Crippen molar-refractivity contribution < 1.29 is 9.47 Å². The molecular weight excluding hydrogens is 741 g/mol. The number of rotatable bonds is 13. The third-order valence-corrected chi connectivity index (χ3v) is 14.4. The Bertz CT molecular complexity index is 2200. The van der Waals surface area contributed by atoms with Crippen molar-refractivity contribution >= 4 is 0 Å². The molecule has 8 rings (SSSR count). The van der Waals surface area contributed by atoms with Crippen molar-refractivity contribution in [3.8, 4) is 33.8 Å². The fourth-order valence-corrected chi connectivity index (χ4v) is 11.2. The lowest BCUT2D eigenvalue weighted by Crippen LogP contribution is -2.29. The minimum Gasteiger partial charge on any atom is -0.494 e. The summed E-state index contributed by atoms with van der Waals surface area (Å²) >= 11 is 0. The molecule has 3 aliphatic carbocycles. The van der Waals surface area contributed by atoms with Crippen molar-refractivity contribution in [1.82, 2.24) is 0 Å². The van der Waals surface area contributed by atoms with Gasteiger partial charge in [0.05, 0.1) is 18.6 Å². The van der Waals surface area contributed by atoms with Gasteiger partial charge in [-0.25, -0.2) is 0 Å². The molecule has 5 aromatic rings. The summed E-state index contributed by atoms with van der Waals surface area (Å²) < 4.78 is 12.4. The molecule has 2 heteroatoms. The van der Waals surface area contributed by atoms with E-state index in [1.165, 1.54) is 121 Å². The van der Waals surface area contributed by atoms with Crippen LogP contribution in [0.4, 0.5) is 0 Å². The van der Waals surface area contributed by atoms with E-state index in [4.69, 9.17) is 9.47 Å². The molecule has 322 valence electrons. The molecule has 0 aliphatic heterocycles. The van der Waals surface area contributed by atoms with E-state index < -0.39 is 5.41 Å². The van der Waals surface area contributed by atoms with E-state index in [1.807, 2.05) is 0 Å². The average molecular weight is 815 g/mol. The predicted octanol–water partition coefficient (Wildman–Crippen LogP) is 16.1. The van der Waals surface area contributed by atoms with Gasteiger partial charge in [-0.15, -0.1) is 0 Å². The monoisotopic (exact) mass is 815 g/mol. The van der Waals surface area contributed by atoms with Crippen molar-refractivity contribution in [1.29, 1.82) is 0 Å². The summed E-state index contributed by atoms with van der Waals surface area (Å²) in [4.78, 5) is 0. The Balaban J connectivity index is 1.38. The topological polar surface area (TPSA) is 18.5 Å². The van der Waals surface area contributed by atoms with Gasteiger partial charge in [0.25, 0.3) is 0 Å². The molecule has 2 saturated carbocycles. The third kappa shape index (κ3) is 8.99. The maximum absolute atomic E-state index is 6.20. The van der Waals surface area contributed by atoms with E-state index in [0.29, 0.717) is 13.2 Å². The zero-order valence-corrected chi connectivity index (χ0v) is 39.0. The molecule has 0 saturated heterocycles. The normalized spacial score (nSPS) is 16.9. The molecular formula is C59H74O2. The Morgan fingerprint density at radius 1 is 0.492 bits per heavy atom. The highest BCUT2D eigenvalue weighted by Crippen LogP contribution is 2.58. The van der Waals surface area contributed by atoms with Crippen LogP contribution in [0.15, 0.2) is 97.1 Å². The summed E-state index contributed by atoms with van der Waals surface area (Å²) in [5.74, 6) is 3.38. The van der Waals surface area contributed by atoms with Crippen LogP contribution in [0, 0.1) is 11.8 Å². The summed E-state index contributed by atoms with van der Waals surface area (Å²) in [5, 5.41) is 0. The standard InChI is InChI=1S/C59H74O2/c1-9-33-60-49-27-22-46(23-28-49)59(47-24-29-50(30-25-47)61-34-10-2)55-38-43(21-31-51(55)52-32-26-48(40-56(52)59)57(3,4)5)53-37-45(36-42-19-15-12-16-20-42)54(58(6,7)8)39-44(53)35-41-17-13-11-14-18-41/h21-32,37-42H,9-20,33-36H2,1-8H3. The minimum absolute atomic E-state index is 0.00599. The number of fused-ring (bicyclic) bond motifs is 3. The zero-order valence-electron chi connectivity index (χ0n) is 39.0. The molecule has 0 spiro atoms. The molecule has 0 aromatic heterocycles. The SMILES string of the molecule is CCCOc1ccc(C2(c3ccc(OCCC)cc3)c3cc(-c4cc(CC5CCCCC5)c(C(C)(C)C)cc4CC4CCCCC4)ccc3-c3ccc(C(C)(C)C)cc32)cc1. The molecule has 61 heavy (non-hydrogen) atoms. The van der Waals surface area contributed by atoms with Crippen molar-refractivity contribution in [2.24, 2.45) is 11.8 Å². The van der Waals surface area contributed by atoms with E-state index in [1.54, 1.807) is 16.7 Å². The highest BCUT2D eigenvalue weighted by Gasteiger charge is 2.47. The Morgan fingerprint density at radius 2 is 0.984 bits per heavy atom. The Labute approximate surface area is 369 Å². The van der Waals surface area contributed by atoms with Gasteiger partial charge < -0.3 is 9.47 Å². The second-order valence-electron chi connectivity index (χ2n) is 21.1. The Kier molecular flexibility index (Phi) is 12.9. The highest BCUT2D eigenvalue weighted by molar-refractivity contribution is 5.89. The lowest BCUT2D eigenvalue weighted by atomic mass is 9.66. The first kappa shape index (κ1) is 43.4. The van der Waals surface area contributed by atoms with Crippen LogP contribution in [0.25, 0.3) is 22.3 Å². The van der Waals surface area contributed by atoms with E-state index >= 15 is 0 Å². The molecule has 2 nitrogen and oxygen atoms in total. The maximum atomic E-state index is 6.20. The van der Waals surface area contributed by atoms with Gasteiger partial charge in [0.15, 0.2) is 0 Å². The summed E-state index contributed by atoms with van der Waals surface area (Å²) in [6.07, 6.45) is 18.0. The van der Waals surface area contributed by atoms with E-state index in [-0.39, 0.29) is 10.8 Å². The lowest BCUT2D eigenvalue weighted by Gasteiger charge is -2.35. The number of ether oxygens (including phenoxy) is 2. The van der Waals surface area contributed by atoms with Crippen LogP contribution >= 0.6 is 0 Å². The van der Waals surface area contributed by atoms with E-state index in [2.05, 4.69) is 152 Å². The van der Waals surface area contributed by atoms with Crippen molar-refractivity contribution in [3.63, 3.8) is 0 Å². The first-order valence-corrected chi connectivity index (χ1v) is 24.3. The minimum atomic E-state index is -0.547. The number of hydrogen-bond acceptors (Lipinski definition) is 2. The van der Waals surface area contributed by atoms with Crippen molar-refractivity contribution in [2.45, 2.75) is 162 Å². The van der Waals surface area contributed by atoms with Crippen LogP contribution in [-0.4, -0.2) is 13.2 Å². The molecule has 5 aromatic carbocycles. The van der Waals surface area contributed by atoms with E-state index in [9.17, 15) is 0 Å². The second-order valence-corrected chi connectivity index (χ2v) is 21.1. The predicted molar refractivity (Wildman–Crippen MR) is 259 cm³/mol. The molecule has 0 amide bonds. The summed E-state index contributed by atoms with van der Waals surface area (Å²) in [6, 6.07) is 38.5. The summed E-state index contributed by atoms with van der Waals surface area (Å²) in [6.45, 7) is 20.1. The molecule has 2 fully saturated rings. The van der Waals surface area contributed by atoms with Gasteiger partial charge in [-0.1, -0.05) is 186 Å². The quantitative estimate of drug-likeness (QED) is 0.116. The van der Waals surface area contributed by atoms with Gasteiger partial charge in [0, 0.05) is 0 Å². The van der Waals surface area contributed by atoms with Crippen LogP contribution in [0.5, 0.6) is 11.5 Å². The average Bonchev–Trinajstić information content (AvgIpc) is 3.55. The van der Waals surface area contributed by atoms with Crippen LogP contribution in [0.1, 0.15) is 177 Å². The molecule has 0 unspecified atom stereocenters. The van der Waals surface area contributed by atoms with Gasteiger partial charge in [0.1, 0.15) is 11.5 Å². The van der Waals surface area contributed by atoms with Gasteiger partial charge in [-0.05, 0) is 145 Å². The van der Waals surface area contributed by atoms with E-state index in [0.717, 1.165) is 42.6 Å². The Hall–Kier alpha value is -4.30. The molecule has 0 N–H and O–H groups in total. The van der Waals surface area contributed by atoms with Gasteiger partial charge in [-0.3, -0.25) is 0 Å². The molecule has 3 aliphatic rings. The van der Waals surface area contributed by atoms with Crippen LogP contribution in [-0.2, 0) is 29.1 Å². The zero-order chi connectivity index (χ0) is 42.8. The first-order chi connectivity index (χ1) is 29.4. The lowest BCUT2D eigenvalue weighted by molar-refractivity contribution is 0.317. The first-order valence-electron chi connectivity index (χ1n) is 24.3. The number of benzene rings is 5. The van der Waals surface area contributed by atoms with Gasteiger partial charge >= 0.3 is 0 Å². The van der Waals surface area contributed by atoms with Crippen LogP contribution in [0.2, 0.25) is 0 Å². The third-order valence-electron chi connectivity index (χ3n) is 14.4. The smallest absolute Gasteiger partial charge is 0.119 e. The van der Waals surface area contributed by atoms with Gasteiger partial charge in [-0.2, -0.15) is 0 Å². The largest absolute Gasteiger partial charge is 0.494 e.